The average molecular weight is 452 g/mol. The number of rotatable bonds is 10. The van der Waals surface area contributed by atoms with Crippen LogP contribution >= 0.6 is 11.8 Å². The summed E-state index contributed by atoms with van der Waals surface area (Å²) in [5.41, 5.74) is 5.79. The molecule has 3 aromatic rings. The lowest BCUT2D eigenvalue weighted by atomic mass is 9.93. The number of nitrogens with zero attached hydrogens (tertiary/aromatic N) is 3. The minimum atomic E-state index is -0.0917. The van der Waals surface area contributed by atoms with Gasteiger partial charge in [-0.05, 0) is 31.2 Å². The summed E-state index contributed by atoms with van der Waals surface area (Å²) >= 11 is 1.38. The van der Waals surface area contributed by atoms with Crippen LogP contribution in [0.5, 0.6) is 0 Å². The molecule has 1 amide bonds. The van der Waals surface area contributed by atoms with Crippen LogP contribution in [0.25, 0.3) is 11.3 Å². The Labute approximate surface area is 192 Å². The second-order valence-electron chi connectivity index (χ2n) is 8.08. The summed E-state index contributed by atoms with van der Waals surface area (Å²) in [6.07, 6.45) is 7.57. The van der Waals surface area contributed by atoms with Gasteiger partial charge in [-0.3, -0.25) is 19.4 Å². The maximum atomic E-state index is 12.7. The highest BCUT2D eigenvalue weighted by molar-refractivity contribution is 8.13. The van der Waals surface area contributed by atoms with Gasteiger partial charge in [0, 0.05) is 36.0 Å². The summed E-state index contributed by atoms with van der Waals surface area (Å²) in [4.78, 5) is 23.6. The lowest BCUT2D eigenvalue weighted by Gasteiger charge is -2.15. The summed E-state index contributed by atoms with van der Waals surface area (Å²) < 4.78 is 2.04. The number of carbonyl (C=O) groups excluding carboxylic acids is 2. The lowest BCUT2D eigenvalue weighted by Crippen LogP contribution is -2.26. The number of thioether (sulfide) groups is 1. The highest BCUT2D eigenvalue weighted by Gasteiger charge is 2.27. The van der Waals surface area contributed by atoms with E-state index in [1.807, 2.05) is 29.1 Å². The molecule has 1 aromatic carbocycles. The molecule has 32 heavy (non-hydrogen) atoms. The van der Waals surface area contributed by atoms with E-state index in [-0.39, 0.29) is 11.0 Å². The van der Waals surface area contributed by atoms with Gasteiger partial charge in [0.05, 0.1) is 18.4 Å². The van der Waals surface area contributed by atoms with Gasteiger partial charge >= 0.3 is 0 Å². The molecule has 0 atom stereocenters. The maximum Gasteiger partial charge on any atom is 0.269 e. The summed E-state index contributed by atoms with van der Waals surface area (Å²) in [5.74, 6) is 0.789. The summed E-state index contributed by atoms with van der Waals surface area (Å²) in [7, 11) is 0. The van der Waals surface area contributed by atoms with Crippen LogP contribution in [0.1, 0.15) is 59.9 Å². The van der Waals surface area contributed by atoms with Gasteiger partial charge < -0.3 is 5.32 Å². The predicted octanol–water partition coefficient (Wildman–Crippen LogP) is 3.99. The first-order valence-electron chi connectivity index (χ1n) is 11.2. The van der Waals surface area contributed by atoms with Crippen molar-refractivity contribution in [3.63, 3.8) is 0 Å². The molecule has 0 spiro atoms. The molecule has 0 aliphatic heterocycles. The first kappa shape index (κ1) is 22.3. The third kappa shape index (κ3) is 5.30. The summed E-state index contributed by atoms with van der Waals surface area (Å²) in [6.45, 7) is 2.98. The third-order valence-electron chi connectivity index (χ3n) is 5.75. The average Bonchev–Trinajstić information content (AvgIpc) is 3.40. The molecule has 168 valence electrons. The Balaban J connectivity index is 1.31. The van der Waals surface area contributed by atoms with E-state index in [0.717, 1.165) is 67.6 Å². The molecule has 7 nitrogen and oxygen atoms in total. The Morgan fingerprint density at radius 3 is 2.75 bits per heavy atom. The van der Waals surface area contributed by atoms with E-state index in [0.29, 0.717) is 12.2 Å². The zero-order valence-electron chi connectivity index (χ0n) is 18.4. The molecule has 0 unspecified atom stereocenters. The number of fused-ring (bicyclic) bond motifs is 3. The van der Waals surface area contributed by atoms with Crippen LogP contribution in [0.3, 0.4) is 0 Å². The van der Waals surface area contributed by atoms with Crippen molar-refractivity contribution in [2.24, 2.45) is 0 Å². The van der Waals surface area contributed by atoms with Crippen LogP contribution < -0.4 is 5.32 Å². The molecule has 0 saturated heterocycles. The number of aromatic amines is 1. The molecule has 2 aromatic heterocycles. The van der Waals surface area contributed by atoms with E-state index in [4.69, 9.17) is 0 Å². The first-order valence-corrected chi connectivity index (χ1v) is 12.2. The number of amides is 1. The van der Waals surface area contributed by atoms with Crippen LogP contribution in [0.2, 0.25) is 0 Å². The Hall–Kier alpha value is -2.87. The maximum absolute atomic E-state index is 12.7. The van der Waals surface area contributed by atoms with Gasteiger partial charge in [-0.25, -0.2) is 0 Å². The molecule has 1 aliphatic carbocycles. The second-order valence-corrected chi connectivity index (χ2v) is 9.36. The van der Waals surface area contributed by atoms with Crippen LogP contribution in [-0.2, 0) is 24.2 Å². The number of nitrogens with one attached hydrogen (secondary N) is 2. The topological polar surface area (TPSA) is 92.7 Å². The molecular weight excluding hydrogens is 422 g/mol. The number of benzene rings is 1. The van der Waals surface area contributed by atoms with Crippen molar-refractivity contribution in [2.75, 3.05) is 12.3 Å². The molecule has 4 rings (SSSR count). The molecule has 2 N–H and O–H groups in total. The normalized spacial score (nSPS) is 12.3. The van der Waals surface area contributed by atoms with Gasteiger partial charge in [-0.2, -0.15) is 10.2 Å². The molecule has 0 fully saturated rings. The first-order chi connectivity index (χ1) is 15.6. The molecule has 1 aliphatic rings. The van der Waals surface area contributed by atoms with Crippen molar-refractivity contribution >= 4 is 22.8 Å². The minimum Gasteiger partial charge on any atom is -0.351 e. The zero-order valence-corrected chi connectivity index (χ0v) is 19.2. The van der Waals surface area contributed by atoms with Crippen LogP contribution in [0.4, 0.5) is 0 Å². The molecule has 8 heteroatoms. The molecule has 0 bridgehead atoms. The summed E-state index contributed by atoms with van der Waals surface area (Å²) in [5, 5.41) is 15.2. The van der Waals surface area contributed by atoms with Gasteiger partial charge in [0.1, 0.15) is 5.69 Å². The Morgan fingerprint density at radius 2 is 1.94 bits per heavy atom. The second kappa shape index (κ2) is 10.6. The number of carbonyl (C=O) groups is 2. The quantitative estimate of drug-likeness (QED) is 0.455. The monoisotopic (exact) mass is 451 g/mol. The van der Waals surface area contributed by atoms with Crippen LogP contribution in [0.15, 0.2) is 36.5 Å². The number of hydrogen-bond acceptors (Lipinski definition) is 5. The van der Waals surface area contributed by atoms with E-state index < -0.39 is 0 Å². The number of H-pyrrole nitrogens is 1. The SMILES string of the molecule is CC(=O)SCCCCCCNC(=O)c1[nH]nc2c1CCc1c-2cnn1Cc1ccccc1. The Kier molecular flexibility index (Phi) is 7.42. The van der Waals surface area contributed by atoms with Crippen molar-refractivity contribution < 1.29 is 9.59 Å². The smallest absolute Gasteiger partial charge is 0.269 e. The zero-order chi connectivity index (χ0) is 22.3. The fourth-order valence-corrected chi connectivity index (χ4v) is 4.75. The van der Waals surface area contributed by atoms with Crippen LogP contribution in [-0.4, -0.2) is 43.3 Å². The van der Waals surface area contributed by atoms with Crippen molar-refractivity contribution in [1.82, 2.24) is 25.3 Å². The molecule has 0 saturated carbocycles. The fourth-order valence-electron chi connectivity index (χ4n) is 4.11. The number of unbranched alkanes of at least 4 members (excludes halogenated alkanes) is 3. The molecular formula is C24H29N5O2S. The minimum absolute atomic E-state index is 0.0917. The van der Waals surface area contributed by atoms with Gasteiger partial charge in [0.2, 0.25) is 0 Å². The van der Waals surface area contributed by atoms with E-state index >= 15 is 0 Å². The molecule has 2 heterocycles. The van der Waals surface area contributed by atoms with Gasteiger partial charge in [-0.1, -0.05) is 54.9 Å². The van der Waals surface area contributed by atoms with E-state index in [9.17, 15) is 9.59 Å². The number of hydrogen-bond donors (Lipinski definition) is 2. The fraction of sp³-hybridized carbons (Fsp3) is 0.417. The highest BCUT2D eigenvalue weighted by Crippen LogP contribution is 2.33. The highest BCUT2D eigenvalue weighted by atomic mass is 32.2. The lowest BCUT2D eigenvalue weighted by molar-refractivity contribution is -0.109. The third-order valence-corrected chi connectivity index (χ3v) is 6.65. The largest absolute Gasteiger partial charge is 0.351 e. The number of aromatic nitrogens is 4. The van der Waals surface area contributed by atoms with Gasteiger partial charge in [0.25, 0.3) is 5.91 Å². The van der Waals surface area contributed by atoms with Crippen LogP contribution in [0, 0.1) is 0 Å². The van der Waals surface area contributed by atoms with E-state index in [1.165, 1.54) is 23.0 Å². The van der Waals surface area contributed by atoms with Crippen molar-refractivity contribution in [3.05, 3.63) is 59.0 Å². The van der Waals surface area contributed by atoms with E-state index in [2.05, 4.69) is 32.7 Å². The molecule has 0 radical (unpaired) electrons. The van der Waals surface area contributed by atoms with Crippen molar-refractivity contribution in [2.45, 2.75) is 52.0 Å². The summed E-state index contributed by atoms with van der Waals surface area (Å²) in [6, 6.07) is 10.3. The van der Waals surface area contributed by atoms with Gasteiger partial charge in [-0.15, -0.1) is 0 Å². The van der Waals surface area contributed by atoms with Crippen molar-refractivity contribution in [1.29, 1.82) is 0 Å². The standard InChI is InChI=1S/C24H29N5O2S/c1-17(30)32-14-8-3-2-7-13-25-24(31)23-19-11-12-21-20(22(19)27-28-23)15-26-29(21)16-18-9-5-4-6-10-18/h4-6,9-10,15H,2-3,7-8,11-14,16H2,1H3,(H,25,31)(H,27,28). The predicted molar refractivity (Wildman–Crippen MR) is 127 cm³/mol. The van der Waals surface area contributed by atoms with E-state index in [1.54, 1.807) is 6.92 Å². The van der Waals surface area contributed by atoms with Gasteiger partial charge in [0.15, 0.2) is 5.12 Å². The van der Waals surface area contributed by atoms with Crippen molar-refractivity contribution in [3.8, 4) is 11.3 Å². The Bertz CT molecular complexity index is 1070. The Morgan fingerprint density at radius 1 is 1.12 bits per heavy atom.